The van der Waals surface area contributed by atoms with Crippen molar-refractivity contribution in [3.63, 3.8) is 0 Å². The fourth-order valence-electron chi connectivity index (χ4n) is 2.51. The van der Waals surface area contributed by atoms with Gasteiger partial charge in [-0.25, -0.2) is 4.98 Å². The Hall–Kier alpha value is -1.40. The molecule has 112 valence electrons. The Morgan fingerprint density at radius 1 is 1.25 bits per heavy atom. The lowest BCUT2D eigenvalue weighted by molar-refractivity contribution is 0.263. The van der Waals surface area contributed by atoms with Gasteiger partial charge in [0.2, 0.25) is 0 Å². The van der Waals surface area contributed by atoms with Gasteiger partial charge in [-0.2, -0.15) is 0 Å². The van der Waals surface area contributed by atoms with Crippen LogP contribution in [0.5, 0.6) is 0 Å². The third kappa shape index (κ3) is 3.19. The summed E-state index contributed by atoms with van der Waals surface area (Å²) >= 11 is 0. The third-order valence-electron chi connectivity index (χ3n) is 3.66. The van der Waals surface area contributed by atoms with Crippen molar-refractivity contribution in [3.05, 3.63) is 22.7 Å². The zero-order valence-corrected chi connectivity index (χ0v) is 12.7. The maximum Gasteiger partial charge on any atom is 0.293 e. The zero-order chi connectivity index (χ0) is 14.8. The van der Waals surface area contributed by atoms with Crippen molar-refractivity contribution in [1.82, 2.24) is 14.5 Å². The van der Waals surface area contributed by atoms with Gasteiger partial charge in [-0.15, -0.1) is 0 Å². The van der Waals surface area contributed by atoms with Crippen molar-refractivity contribution in [3.8, 4) is 0 Å². The van der Waals surface area contributed by atoms with Crippen LogP contribution in [0.25, 0.3) is 0 Å². The van der Waals surface area contributed by atoms with Crippen LogP contribution in [0.2, 0.25) is 0 Å². The Labute approximate surface area is 120 Å². The molecule has 0 amide bonds. The zero-order valence-electron chi connectivity index (χ0n) is 12.7. The summed E-state index contributed by atoms with van der Waals surface area (Å²) in [6.07, 6.45) is 3.48. The highest BCUT2D eigenvalue weighted by Crippen LogP contribution is 2.13. The van der Waals surface area contributed by atoms with Gasteiger partial charge in [0.25, 0.3) is 5.56 Å². The van der Waals surface area contributed by atoms with Crippen LogP contribution in [0.15, 0.2) is 17.2 Å². The van der Waals surface area contributed by atoms with Crippen molar-refractivity contribution in [2.75, 3.05) is 44.2 Å². The monoisotopic (exact) mass is 279 g/mol. The minimum Gasteiger partial charge on any atom is -0.349 e. The average Bonchev–Trinajstić information content (AvgIpc) is 2.39. The van der Waals surface area contributed by atoms with Gasteiger partial charge >= 0.3 is 0 Å². The Morgan fingerprint density at radius 3 is 2.45 bits per heavy atom. The molecule has 0 aromatic carbocycles. The van der Waals surface area contributed by atoms with Gasteiger partial charge in [-0.1, -0.05) is 0 Å². The molecular formula is C14H25N5O. The lowest BCUT2D eigenvalue weighted by Crippen LogP contribution is -2.50. The molecule has 0 bridgehead atoms. The molecule has 2 rings (SSSR count). The minimum absolute atomic E-state index is 0.00715. The first-order valence-corrected chi connectivity index (χ1v) is 7.19. The minimum atomic E-state index is -0.226. The Morgan fingerprint density at radius 2 is 1.90 bits per heavy atom. The van der Waals surface area contributed by atoms with Gasteiger partial charge in [0.1, 0.15) is 0 Å². The van der Waals surface area contributed by atoms with E-state index in [0.717, 1.165) is 32.7 Å². The average molecular weight is 279 g/mol. The predicted octanol–water partition coefficient (Wildman–Crippen LogP) is 0.0790. The van der Waals surface area contributed by atoms with E-state index in [1.165, 1.54) is 0 Å². The lowest BCUT2D eigenvalue weighted by atomic mass is 10.1. The molecule has 1 fully saturated rings. The predicted molar refractivity (Wildman–Crippen MR) is 81.2 cm³/mol. The van der Waals surface area contributed by atoms with E-state index in [2.05, 4.69) is 14.8 Å². The number of anilines is 1. The molecule has 20 heavy (non-hydrogen) atoms. The Bertz CT molecular complexity index is 497. The van der Waals surface area contributed by atoms with Crippen LogP contribution < -0.4 is 16.2 Å². The van der Waals surface area contributed by atoms with E-state index in [0.29, 0.717) is 12.4 Å². The molecule has 1 aromatic heterocycles. The van der Waals surface area contributed by atoms with Gasteiger partial charge in [0.05, 0.1) is 0 Å². The van der Waals surface area contributed by atoms with Gasteiger partial charge in [0.15, 0.2) is 5.82 Å². The van der Waals surface area contributed by atoms with Crippen molar-refractivity contribution < 1.29 is 0 Å². The van der Waals surface area contributed by atoms with Gasteiger partial charge in [0, 0.05) is 57.2 Å². The summed E-state index contributed by atoms with van der Waals surface area (Å²) in [5, 5.41) is 0. The Kier molecular flexibility index (Phi) is 4.45. The topological polar surface area (TPSA) is 67.4 Å². The van der Waals surface area contributed by atoms with Crippen molar-refractivity contribution >= 4 is 5.82 Å². The fourth-order valence-corrected chi connectivity index (χ4v) is 2.51. The first-order chi connectivity index (χ1) is 9.43. The standard InChI is InChI=1S/C14H25N5O/c1-14(2,3)19-7-5-16-12(13(19)20)18-10-8-17(6-4-15)9-11-18/h5,7H,4,6,8-11,15H2,1-3H3. The maximum absolute atomic E-state index is 12.5. The number of aromatic nitrogens is 2. The van der Waals surface area contributed by atoms with E-state index >= 15 is 0 Å². The fraction of sp³-hybridized carbons (Fsp3) is 0.714. The summed E-state index contributed by atoms with van der Waals surface area (Å²) in [6.45, 7) is 11.2. The second-order valence-corrected chi connectivity index (χ2v) is 6.21. The molecule has 0 radical (unpaired) electrons. The molecule has 0 unspecified atom stereocenters. The lowest BCUT2D eigenvalue weighted by Gasteiger charge is -2.35. The molecule has 6 heteroatoms. The SMILES string of the molecule is CC(C)(C)n1ccnc(N2CCN(CCN)CC2)c1=O. The number of piperazine rings is 1. The molecule has 1 aromatic rings. The van der Waals surface area contributed by atoms with Crippen LogP contribution in [0.1, 0.15) is 20.8 Å². The van der Waals surface area contributed by atoms with Crippen LogP contribution in [0.3, 0.4) is 0 Å². The van der Waals surface area contributed by atoms with Gasteiger partial charge in [-0.05, 0) is 20.8 Å². The molecule has 0 saturated carbocycles. The highest BCUT2D eigenvalue weighted by molar-refractivity contribution is 5.36. The summed E-state index contributed by atoms with van der Waals surface area (Å²) in [4.78, 5) is 21.2. The molecule has 2 heterocycles. The van der Waals surface area contributed by atoms with E-state index in [1.54, 1.807) is 17.0 Å². The van der Waals surface area contributed by atoms with Crippen LogP contribution in [0.4, 0.5) is 5.82 Å². The molecule has 2 N–H and O–H groups in total. The van der Waals surface area contributed by atoms with Crippen LogP contribution >= 0.6 is 0 Å². The van der Waals surface area contributed by atoms with Crippen molar-refractivity contribution in [2.45, 2.75) is 26.3 Å². The normalized spacial score (nSPS) is 17.5. The highest BCUT2D eigenvalue weighted by atomic mass is 16.1. The summed E-state index contributed by atoms with van der Waals surface area (Å²) in [5.74, 6) is 0.565. The molecule has 1 aliphatic rings. The van der Waals surface area contributed by atoms with Crippen molar-refractivity contribution in [2.24, 2.45) is 5.73 Å². The number of nitrogens with two attached hydrogens (primary N) is 1. The number of hydrogen-bond acceptors (Lipinski definition) is 5. The molecule has 6 nitrogen and oxygen atoms in total. The third-order valence-corrected chi connectivity index (χ3v) is 3.66. The van der Waals surface area contributed by atoms with E-state index in [-0.39, 0.29) is 11.1 Å². The Balaban J connectivity index is 2.17. The van der Waals surface area contributed by atoms with Crippen LogP contribution in [0, 0.1) is 0 Å². The van der Waals surface area contributed by atoms with Gasteiger partial charge in [-0.3, -0.25) is 9.69 Å². The summed E-state index contributed by atoms with van der Waals surface area (Å²) in [7, 11) is 0. The summed E-state index contributed by atoms with van der Waals surface area (Å²) < 4.78 is 1.75. The largest absolute Gasteiger partial charge is 0.349 e. The first kappa shape index (κ1) is 15.0. The molecular weight excluding hydrogens is 254 g/mol. The maximum atomic E-state index is 12.5. The van der Waals surface area contributed by atoms with E-state index in [9.17, 15) is 4.79 Å². The second-order valence-electron chi connectivity index (χ2n) is 6.21. The second kappa shape index (κ2) is 5.93. The quantitative estimate of drug-likeness (QED) is 0.848. The first-order valence-electron chi connectivity index (χ1n) is 7.19. The van der Waals surface area contributed by atoms with E-state index in [4.69, 9.17) is 5.73 Å². The molecule has 1 saturated heterocycles. The molecule has 0 atom stereocenters. The van der Waals surface area contributed by atoms with Crippen LogP contribution in [-0.4, -0.2) is 53.7 Å². The summed E-state index contributed by atoms with van der Waals surface area (Å²) in [6, 6.07) is 0. The smallest absolute Gasteiger partial charge is 0.293 e. The number of hydrogen-bond donors (Lipinski definition) is 1. The van der Waals surface area contributed by atoms with E-state index < -0.39 is 0 Å². The molecule has 1 aliphatic heterocycles. The van der Waals surface area contributed by atoms with Crippen LogP contribution in [-0.2, 0) is 5.54 Å². The molecule has 0 spiro atoms. The number of nitrogens with zero attached hydrogens (tertiary/aromatic N) is 4. The van der Waals surface area contributed by atoms with Crippen molar-refractivity contribution in [1.29, 1.82) is 0 Å². The van der Waals surface area contributed by atoms with Gasteiger partial charge < -0.3 is 15.2 Å². The summed E-state index contributed by atoms with van der Waals surface area (Å²) in [5.41, 5.74) is 5.34. The molecule has 0 aliphatic carbocycles. The van der Waals surface area contributed by atoms with E-state index in [1.807, 2.05) is 20.8 Å². The number of rotatable bonds is 3. The highest BCUT2D eigenvalue weighted by Gasteiger charge is 2.22.